The molecule has 1 aromatic rings. The zero-order chi connectivity index (χ0) is 8.81. The van der Waals surface area contributed by atoms with E-state index >= 15 is 0 Å². The van der Waals surface area contributed by atoms with Crippen LogP contribution in [-0.4, -0.2) is 6.29 Å². The van der Waals surface area contributed by atoms with Crippen LogP contribution in [0.5, 0.6) is 0 Å². The van der Waals surface area contributed by atoms with Gasteiger partial charge in [-0.2, -0.15) is 0 Å². The van der Waals surface area contributed by atoms with Gasteiger partial charge in [-0.1, -0.05) is 49.1 Å². The second-order valence-corrected chi connectivity index (χ2v) is 2.44. The predicted octanol–water partition coefficient (Wildman–Crippen LogP) is 2.45. The van der Waals surface area contributed by atoms with Crippen molar-refractivity contribution in [3.05, 3.63) is 54.1 Å². The van der Waals surface area contributed by atoms with E-state index in [4.69, 9.17) is 0 Å². The first-order valence-corrected chi connectivity index (χ1v) is 3.70. The quantitative estimate of drug-likeness (QED) is 0.375. The Kier molecular flexibility index (Phi) is 3.03. The Morgan fingerprint density at radius 2 is 1.92 bits per heavy atom. The summed E-state index contributed by atoms with van der Waals surface area (Å²) in [5, 5.41) is 0. The second kappa shape index (κ2) is 4.29. The number of allylic oxidation sites excluding steroid dienone is 2. The molecule has 0 amide bonds. The normalized spacial score (nSPS) is 10.0. The highest BCUT2D eigenvalue weighted by Crippen LogP contribution is 2.02. The van der Waals surface area contributed by atoms with Crippen LogP contribution in [0.3, 0.4) is 0 Å². The molecule has 0 aliphatic heterocycles. The zero-order valence-electron chi connectivity index (χ0n) is 6.73. The molecule has 0 N–H and O–H groups in total. The third kappa shape index (κ3) is 2.54. The van der Waals surface area contributed by atoms with Crippen molar-refractivity contribution in [3.8, 4) is 0 Å². The molecule has 1 heteroatoms. The van der Waals surface area contributed by atoms with E-state index in [0.717, 1.165) is 11.8 Å². The minimum atomic E-state index is 0.485. The molecule has 0 heterocycles. The second-order valence-electron chi connectivity index (χ2n) is 2.44. The maximum atomic E-state index is 10.2. The molecule has 0 saturated heterocycles. The summed E-state index contributed by atoms with van der Waals surface area (Å²) in [6.45, 7) is 3.53. The number of benzene rings is 1. The van der Waals surface area contributed by atoms with Gasteiger partial charge in [-0.15, -0.1) is 0 Å². The first kappa shape index (κ1) is 8.47. The van der Waals surface area contributed by atoms with E-state index in [1.165, 1.54) is 0 Å². The lowest BCUT2D eigenvalue weighted by Crippen LogP contribution is -1.74. The summed E-state index contributed by atoms with van der Waals surface area (Å²) >= 11 is 0. The van der Waals surface area contributed by atoms with Gasteiger partial charge in [-0.25, -0.2) is 0 Å². The van der Waals surface area contributed by atoms with Crippen molar-refractivity contribution >= 4 is 12.4 Å². The van der Waals surface area contributed by atoms with Gasteiger partial charge >= 0.3 is 0 Å². The van der Waals surface area contributed by atoms with Crippen LogP contribution in [0.15, 0.2) is 48.6 Å². The molecule has 0 aliphatic carbocycles. The van der Waals surface area contributed by atoms with E-state index in [1.807, 2.05) is 36.4 Å². The van der Waals surface area contributed by atoms with Crippen LogP contribution in [0.1, 0.15) is 5.56 Å². The van der Waals surface area contributed by atoms with Gasteiger partial charge < -0.3 is 0 Å². The standard InChI is InChI=1S/C11H10O/c1-10(9-12)7-8-11-5-3-2-4-6-11/h2-9H,1H2. The fourth-order valence-corrected chi connectivity index (χ4v) is 0.807. The van der Waals surface area contributed by atoms with Gasteiger partial charge in [-0.05, 0) is 5.56 Å². The fourth-order valence-electron chi connectivity index (χ4n) is 0.807. The first-order valence-electron chi connectivity index (χ1n) is 3.70. The molecular formula is C11H10O. The van der Waals surface area contributed by atoms with Gasteiger partial charge in [0, 0.05) is 5.57 Å². The summed E-state index contributed by atoms with van der Waals surface area (Å²) in [4.78, 5) is 10.2. The Morgan fingerprint density at radius 1 is 1.25 bits per heavy atom. The summed E-state index contributed by atoms with van der Waals surface area (Å²) in [5.41, 5.74) is 1.55. The van der Waals surface area contributed by atoms with Crippen LogP contribution in [0.25, 0.3) is 6.08 Å². The Labute approximate surface area is 72.0 Å². The van der Waals surface area contributed by atoms with E-state index in [0.29, 0.717) is 5.57 Å². The van der Waals surface area contributed by atoms with Gasteiger partial charge in [0.2, 0.25) is 0 Å². The van der Waals surface area contributed by atoms with Crippen molar-refractivity contribution in [1.82, 2.24) is 0 Å². The van der Waals surface area contributed by atoms with Gasteiger partial charge in [0.1, 0.15) is 6.29 Å². The Bertz CT molecular complexity index is 296. The molecule has 0 saturated carbocycles. The van der Waals surface area contributed by atoms with Crippen molar-refractivity contribution in [3.63, 3.8) is 0 Å². The highest BCUT2D eigenvalue weighted by Gasteiger charge is 1.83. The molecule has 0 aliphatic rings. The van der Waals surface area contributed by atoms with Crippen LogP contribution in [0.4, 0.5) is 0 Å². The minimum Gasteiger partial charge on any atom is -0.298 e. The van der Waals surface area contributed by atoms with Crippen molar-refractivity contribution in [2.45, 2.75) is 0 Å². The topological polar surface area (TPSA) is 17.1 Å². The fraction of sp³-hybridized carbons (Fsp3) is 0. The van der Waals surface area contributed by atoms with Gasteiger partial charge in [0.15, 0.2) is 0 Å². The van der Waals surface area contributed by atoms with E-state index in [2.05, 4.69) is 6.58 Å². The summed E-state index contributed by atoms with van der Waals surface area (Å²) < 4.78 is 0. The number of carbonyl (C=O) groups is 1. The lowest BCUT2D eigenvalue weighted by molar-refractivity contribution is -0.104. The summed E-state index contributed by atoms with van der Waals surface area (Å²) in [5.74, 6) is 0. The maximum absolute atomic E-state index is 10.2. The number of aldehydes is 1. The van der Waals surface area contributed by atoms with E-state index in [1.54, 1.807) is 6.08 Å². The van der Waals surface area contributed by atoms with Crippen molar-refractivity contribution in [2.24, 2.45) is 0 Å². The maximum Gasteiger partial charge on any atom is 0.149 e. The van der Waals surface area contributed by atoms with E-state index in [9.17, 15) is 4.79 Å². The van der Waals surface area contributed by atoms with Gasteiger partial charge in [-0.3, -0.25) is 4.79 Å². The molecule has 1 aromatic carbocycles. The molecule has 0 spiro atoms. The molecule has 0 atom stereocenters. The molecule has 1 nitrogen and oxygen atoms in total. The smallest absolute Gasteiger partial charge is 0.149 e. The number of carbonyl (C=O) groups excluding carboxylic acids is 1. The molecule has 1 rings (SSSR count). The Hall–Kier alpha value is -1.63. The van der Waals surface area contributed by atoms with Crippen LogP contribution in [0.2, 0.25) is 0 Å². The SMILES string of the molecule is C=C(C=O)C=Cc1ccccc1. The Balaban J connectivity index is 2.70. The number of rotatable bonds is 3. The van der Waals surface area contributed by atoms with Crippen LogP contribution in [0, 0.1) is 0 Å². The first-order chi connectivity index (χ1) is 5.83. The molecule has 0 aromatic heterocycles. The zero-order valence-corrected chi connectivity index (χ0v) is 6.73. The highest BCUT2D eigenvalue weighted by atomic mass is 16.1. The monoisotopic (exact) mass is 158 g/mol. The van der Waals surface area contributed by atoms with Crippen molar-refractivity contribution < 1.29 is 4.79 Å². The average molecular weight is 158 g/mol. The molecule has 0 bridgehead atoms. The summed E-state index contributed by atoms with van der Waals surface area (Å²) in [7, 11) is 0. The van der Waals surface area contributed by atoms with Crippen molar-refractivity contribution in [2.75, 3.05) is 0 Å². The van der Waals surface area contributed by atoms with Crippen LogP contribution >= 0.6 is 0 Å². The number of hydrogen-bond donors (Lipinski definition) is 0. The van der Waals surface area contributed by atoms with Crippen LogP contribution < -0.4 is 0 Å². The molecule has 60 valence electrons. The average Bonchev–Trinajstić information content (AvgIpc) is 2.16. The lowest BCUT2D eigenvalue weighted by atomic mass is 10.2. The molecule has 0 radical (unpaired) electrons. The Morgan fingerprint density at radius 3 is 2.50 bits per heavy atom. The molecule has 12 heavy (non-hydrogen) atoms. The third-order valence-electron chi connectivity index (χ3n) is 1.44. The van der Waals surface area contributed by atoms with E-state index < -0.39 is 0 Å². The van der Waals surface area contributed by atoms with E-state index in [-0.39, 0.29) is 0 Å². The number of hydrogen-bond acceptors (Lipinski definition) is 1. The molecule has 0 unspecified atom stereocenters. The highest BCUT2D eigenvalue weighted by molar-refractivity contribution is 5.78. The van der Waals surface area contributed by atoms with Gasteiger partial charge in [0.05, 0.1) is 0 Å². The summed E-state index contributed by atoms with van der Waals surface area (Å²) in [6.07, 6.45) is 4.29. The third-order valence-corrected chi connectivity index (χ3v) is 1.44. The largest absolute Gasteiger partial charge is 0.298 e. The van der Waals surface area contributed by atoms with Crippen molar-refractivity contribution in [1.29, 1.82) is 0 Å². The molecule has 0 fully saturated rings. The van der Waals surface area contributed by atoms with Gasteiger partial charge in [0.25, 0.3) is 0 Å². The van der Waals surface area contributed by atoms with Crippen LogP contribution in [-0.2, 0) is 4.79 Å². The minimum absolute atomic E-state index is 0.485. The lowest BCUT2D eigenvalue weighted by Gasteiger charge is -1.89. The molecular weight excluding hydrogens is 148 g/mol. The summed E-state index contributed by atoms with van der Waals surface area (Å²) in [6, 6.07) is 9.78. The predicted molar refractivity (Wildman–Crippen MR) is 50.7 cm³/mol.